The van der Waals surface area contributed by atoms with Crippen LogP contribution in [-0.4, -0.2) is 23.5 Å². The molecule has 1 aliphatic heterocycles. The third-order valence-corrected chi connectivity index (χ3v) is 3.60. The molecule has 1 N–H and O–H groups in total. The molecule has 0 bridgehead atoms. The third kappa shape index (κ3) is 2.27. The van der Waals surface area contributed by atoms with Gasteiger partial charge in [-0.2, -0.15) is 0 Å². The average Bonchev–Trinajstić information content (AvgIpc) is 2.87. The first-order valence-corrected chi connectivity index (χ1v) is 6.47. The normalized spacial score (nSPS) is 16.6. The van der Waals surface area contributed by atoms with Crippen LogP contribution in [0.3, 0.4) is 0 Å². The van der Waals surface area contributed by atoms with Gasteiger partial charge in [-0.3, -0.25) is 9.59 Å². The van der Waals surface area contributed by atoms with Crippen molar-refractivity contribution in [3.8, 4) is 0 Å². The number of benzene rings is 2. The summed E-state index contributed by atoms with van der Waals surface area (Å²) in [5.74, 6) is -2.44. The van der Waals surface area contributed by atoms with Crippen molar-refractivity contribution >= 4 is 17.6 Å². The van der Waals surface area contributed by atoms with Crippen LogP contribution in [0.25, 0.3) is 0 Å². The fourth-order valence-electron chi connectivity index (χ4n) is 2.56. The molecule has 3 rings (SSSR count). The van der Waals surface area contributed by atoms with Gasteiger partial charge < -0.3 is 10.0 Å². The van der Waals surface area contributed by atoms with E-state index in [1.165, 1.54) is 29.2 Å². The summed E-state index contributed by atoms with van der Waals surface area (Å²) in [6.45, 7) is 0.0882. The quantitative estimate of drug-likeness (QED) is 0.922. The van der Waals surface area contributed by atoms with E-state index in [2.05, 4.69) is 0 Å². The number of amides is 1. The summed E-state index contributed by atoms with van der Waals surface area (Å²) in [7, 11) is 0. The Morgan fingerprint density at radius 2 is 1.76 bits per heavy atom. The number of carboxylic acids is 1. The predicted octanol–water partition coefficient (Wildman–Crippen LogP) is 2.65. The van der Waals surface area contributed by atoms with Gasteiger partial charge in [0.25, 0.3) is 5.91 Å². The lowest BCUT2D eigenvalue weighted by Crippen LogP contribution is -2.31. The van der Waals surface area contributed by atoms with Crippen LogP contribution < -0.4 is 4.90 Å². The summed E-state index contributed by atoms with van der Waals surface area (Å²) in [4.78, 5) is 25.3. The van der Waals surface area contributed by atoms with Crippen LogP contribution >= 0.6 is 0 Å². The van der Waals surface area contributed by atoms with Crippen LogP contribution in [0.15, 0.2) is 48.5 Å². The lowest BCUT2D eigenvalue weighted by Gasteiger charge is -2.17. The summed E-state index contributed by atoms with van der Waals surface area (Å²) >= 11 is 0. The molecule has 0 fully saturated rings. The average molecular weight is 285 g/mol. The lowest BCUT2D eigenvalue weighted by molar-refractivity contribution is -0.138. The molecule has 1 atom stereocenters. The van der Waals surface area contributed by atoms with Crippen molar-refractivity contribution in [2.75, 3.05) is 11.4 Å². The van der Waals surface area contributed by atoms with E-state index in [1.807, 2.05) is 0 Å². The summed E-state index contributed by atoms with van der Waals surface area (Å²) in [6.07, 6.45) is 0. The highest BCUT2D eigenvalue weighted by Crippen LogP contribution is 2.37. The van der Waals surface area contributed by atoms with Crippen LogP contribution in [0, 0.1) is 5.82 Å². The molecule has 1 aliphatic rings. The number of para-hydroxylation sites is 1. The van der Waals surface area contributed by atoms with Crippen LogP contribution in [0.2, 0.25) is 0 Å². The summed E-state index contributed by atoms with van der Waals surface area (Å²) in [5.41, 5.74) is 1.55. The van der Waals surface area contributed by atoms with E-state index in [1.54, 1.807) is 24.3 Å². The molecule has 106 valence electrons. The van der Waals surface area contributed by atoms with Crippen LogP contribution in [0.1, 0.15) is 21.8 Å². The molecule has 0 aliphatic carbocycles. The zero-order valence-corrected chi connectivity index (χ0v) is 11.0. The molecule has 0 aromatic heterocycles. The second-order valence-corrected chi connectivity index (χ2v) is 4.87. The number of aliphatic carboxylic acids is 1. The van der Waals surface area contributed by atoms with Gasteiger partial charge in [-0.25, -0.2) is 4.39 Å². The predicted molar refractivity (Wildman–Crippen MR) is 74.9 cm³/mol. The number of rotatable bonds is 2. The van der Waals surface area contributed by atoms with Crippen molar-refractivity contribution in [2.24, 2.45) is 0 Å². The maximum Gasteiger partial charge on any atom is 0.312 e. The summed E-state index contributed by atoms with van der Waals surface area (Å²) in [6, 6.07) is 12.2. The highest BCUT2D eigenvalue weighted by Gasteiger charge is 2.36. The standard InChI is InChI=1S/C16H12FNO3/c17-11-7-5-10(6-8-11)15(19)18-9-13(16(20)21)12-3-1-2-4-14(12)18/h1-8,13H,9H2,(H,20,21). The summed E-state index contributed by atoms with van der Waals surface area (Å²) < 4.78 is 12.9. The Kier molecular flexibility index (Phi) is 3.17. The highest BCUT2D eigenvalue weighted by molar-refractivity contribution is 6.08. The molecule has 0 saturated heterocycles. The number of fused-ring (bicyclic) bond motifs is 1. The van der Waals surface area contributed by atoms with Crippen molar-refractivity contribution in [1.29, 1.82) is 0 Å². The number of carbonyl (C=O) groups excluding carboxylic acids is 1. The molecule has 4 nitrogen and oxygen atoms in total. The molecular formula is C16H12FNO3. The van der Waals surface area contributed by atoms with Gasteiger partial charge in [0, 0.05) is 17.8 Å². The number of nitrogens with zero attached hydrogens (tertiary/aromatic N) is 1. The second-order valence-electron chi connectivity index (χ2n) is 4.87. The van der Waals surface area contributed by atoms with Gasteiger partial charge in [-0.15, -0.1) is 0 Å². The molecule has 21 heavy (non-hydrogen) atoms. The van der Waals surface area contributed by atoms with E-state index < -0.39 is 17.7 Å². The minimum Gasteiger partial charge on any atom is -0.481 e. The first-order chi connectivity index (χ1) is 10.1. The largest absolute Gasteiger partial charge is 0.481 e. The minimum absolute atomic E-state index is 0.0882. The zero-order chi connectivity index (χ0) is 15.0. The summed E-state index contributed by atoms with van der Waals surface area (Å²) in [5, 5.41) is 9.28. The molecule has 0 radical (unpaired) electrons. The van der Waals surface area contributed by atoms with E-state index in [4.69, 9.17) is 0 Å². The number of carboxylic acid groups (broad SMARTS) is 1. The highest BCUT2D eigenvalue weighted by atomic mass is 19.1. The Labute approximate surface area is 120 Å². The Morgan fingerprint density at radius 1 is 1.10 bits per heavy atom. The zero-order valence-electron chi connectivity index (χ0n) is 11.0. The molecule has 5 heteroatoms. The number of hydrogen-bond donors (Lipinski definition) is 1. The van der Waals surface area contributed by atoms with Crippen molar-refractivity contribution in [1.82, 2.24) is 0 Å². The number of halogens is 1. The van der Waals surface area contributed by atoms with Crippen LogP contribution in [0.4, 0.5) is 10.1 Å². The molecule has 2 aromatic carbocycles. The first kappa shape index (κ1) is 13.3. The molecule has 0 saturated carbocycles. The van der Waals surface area contributed by atoms with E-state index in [-0.39, 0.29) is 12.5 Å². The van der Waals surface area contributed by atoms with E-state index in [0.717, 1.165) is 0 Å². The second kappa shape index (κ2) is 5.01. The van der Waals surface area contributed by atoms with Crippen molar-refractivity contribution in [3.05, 3.63) is 65.5 Å². The van der Waals surface area contributed by atoms with Gasteiger partial charge in [-0.1, -0.05) is 18.2 Å². The Morgan fingerprint density at radius 3 is 2.43 bits per heavy atom. The van der Waals surface area contributed by atoms with Gasteiger partial charge in [0.2, 0.25) is 0 Å². The van der Waals surface area contributed by atoms with Gasteiger partial charge >= 0.3 is 5.97 Å². The Bertz CT molecular complexity index is 712. The third-order valence-electron chi connectivity index (χ3n) is 3.60. The molecule has 1 heterocycles. The van der Waals surface area contributed by atoms with E-state index in [0.29, 0.717) is 16.8 Å². The van der Waals surface area contributed by atoms with Crippen LogP contribution in [-0.2, 0) is 4.79 Å². The number of anilines is 1. The Hall–Kier alpha value is -2.69. The minimum atomic E-state index is -0.961. The lowest BCUT2D eigenvalue weighted by atomic mass is 10.0. The monoisotopic (exact) mass is 285 g/mol. The molecule has 1 amide bonds. The Balaban J connectivity index is 1.98. The maximum absolute atomic E-state index is 12.9. The molecular weight excluding hydrogens is 273 g/mol. The van der Waals surface area contributed by atoms with Gasteiger partial charge in [-0.05, 0) is 35.9 Å². The van der Waals surface area contributed by atoms with Crippen molar-refractivity contribution in [2.45, 2.75) is 5.92 Å². The van der Waals surface area contributed by atoms with Crippen molar-refractivity contribution in [3.63, 3.8) is 0 Å². The molecule has 1 unspecified atom stereocenters. The fourth-order valence-corrected chi connectivity index (χ4v) is 2.56. The van der Waals surface area contributed by atoms with Gasteiger partial charge in [0.15, 0.2) is 0 Å². The molecule has 0 spiro atoms. The maximum atomic E-state index is 12.9. The molecule has 2 aromatic rings. The first-order valence-electron chi connectivity index (χ1n) is 6.47. The van der Waals surface area contributed by atoms with E-state index in [9.17, 15) is 19.1 Å². The number of carbonyl (C=O) groups is 2. The van der Waals surface area contributed by atoms with Gasteiger partial charge in [0.05, 0.1) is 0 Å². The van der Waals surface area contributed by atoms with E-state index >= 15 is 0 Å². The van der Waals surface area contributed by atoms with Gasteiger partial charge in [0.1, 0.15) is 11.7 Å². The fraction of sp³-hybridized carbons (Fsp3) is 0.125. The topological polar surface area (TPSA) is 57.6 Å². The van der Waals surface area contributed by atoms with Crippen molar-refractivity contribution < 1.29 is 19.1 Å². The SMILES string of the molecule is O=C(O)C1CN(C(=O)c2ccc(F)cc2)c2ccccc21. The smallest absolute Gasteiger partial charge is 0.312 e. The van der Waals surface area contributed by atoms with Crippen LogP contribution in [0.5, 0.6) is 0 Å². The number of hydrogen-bond acceptors (Lipinski definition) is 2.